The number of anilines is 1. The van der Waals surface area contributed by atoms with Gasteiger partial charge in [-0.25, -0.2) is 4.39 Å². The van der Waals surface area contributed by atoms with Crippen molar-refractivity contribution in [3.05, 3.63) is 59.4 Å². The molecule has 25 heavy (non-hydrogen) atoms. The predicted octanol–water partition coefficient (Wildman–Crippen LogP) is 2.93. The molecule has 3 rings (SSSR count). The van der Waals surface area contributed by atoms with Gasteiger partial charge in [0.25, 0.3) is 0 Å². The van der Waals surface area contributed by atoms with Gasteiger partial charge in [0.2, 0.25) is 11.8 Å². The van der Waals surface area contributed by atoms with Gasteiger partial charge in [-0.15, -0.1) is 0 Å². The molecule has 1 atom stereocenters. The molecule has 0 unspecified atom stereocenters. The Kier molecular flexibility index (Phi) is 4.97. The maximum atomic E-state index is 13.2. The summed E-state index contributed by atoms with van der Waals surface area (Å²) >= 11 is 0. The lowest BCUT2D eigenvalue weighted by atomic mass is 10.1. The Morgan fingerprint density at radius 1 is 1.32 bits per heavy atom. The van der Waals surface area contributed by atoms with Crippen LogP contribution in [0.25, 0.3) is 0 Å². The maximum Gasteiger partial charge on any atom is 0.246 e. The first-order valence-electron chi connectivity index (χ1n) is 8.09. The number of hydrogen-bond donors (Lipinski definition) is 2. The van der Waals surface area contributed by atoms with E-state index in [9.17, 15) is 14.0 Å². The number of amides is 2. The van der Waals surface area contributed by atoms with Gasteiger partial charge < -0.3 is 15.4 Å². The Morgan fingerprint density at radius 3 is 2.84 bits per heavy atom. The van der Waals surface area contributed by atoms with Crippen molar-refractivity contribution in [1.82, 2.24) is 5.32 Å². The van der Waals surface area contributed by atoms with Crippen LogP contribution >= 0.6 is 0 Å². The van der Waals surface area contributed by atoms with Gasteiger partial charge in [-0.2, -0.15) is 0 Å². The van der Waals surface area contributed by atoms with E-state index in [2.05, 4.69) is 10.6 Å². The normalized spacial score (nSPS) is 16.4. The van der Waals surface area contributed by atoms with E-state index in [0.717, 1.165) is 11.1 Å². The average Bonchev–Trinajstić information content (AvgIpc) is 3.02. The summed E-state index contributed by atoms with van der Waals surface area (Å²) in [7, 11) is 0. The van der Waals surface area contributed by atoms with Crippen LogP contribution in [0.4, 0.5) is 10.1 Å². The van der Waals surface area contributed by atoms with E-state index in [-0.39, 0.29) is 24.2 Å². The monoisotopic (exact) mass is 342 g/mol. The standard InChI is InChI=1S/C19H19FN2O3/c1-12-9-15(25-11-13-3-2-4-14(20)10-13)5-6-16(12)22-19(24)17-7-8-18(23)21-17/h2-6,9-10,17H,7-8,11H2,1H3,(H,21,23)(H,22,24)/t17-/m1/s1. The Balaban J connectivity index is 1.60. The van der Waals surface area contributed by atoms with Crippen molar-refractivity contribution in [2.75, 3.05) is 5.32 Å². The lowest BCUT2D eigenvalue weighted by Gasteiger charge is -2.14. The first-order chi connectivity index (χ1) is 12.0. The second-order valence-electron chi connectivity index (χ2n) is 6.04. The molecule has 1 aliphatic heterocycles. The number of hydrogen-bond acceptors (Lipinski definition) is 3. The van der Waals surface area contributed by atoms with Crippen LogP contribution in [0.1, 0.15) is 24.0 Å². The number of nitrogens with one attached hydrogen (secondary N) is 2. The molecule has 1 saturated heterocycles. The third-order valence-electron chi connectivity index (χ3n) is 4.06. The van der Waals surface area contributed by atoms with Gasteiger partial charge in [0.05, 0.1) is 0 Å². The summed E-state index contributed by atoms with van der Waals surface area (Å²) in [6, 6.07) is 11.1. The van der Waals surface area contributed by atoms with Gasteiger partial charge >= 0.3 is 0 Å². The van der Waals surface area contributed by atoms with Crippen molar-refractivity contribution >= 4 is 17.5 Å². The SMILES string of the molecule is Cc1cc(OCc2cccc(F)c2)ccc1NC(=O)[C@H]1CCC(=O)N1. The molecule has 0 aliphatic carbocycles. The van der Waals surface area contributed by atoms with E-state index in [1.54, 1.807) is 24.3 Å². The molecule has 0 saturated carbocycles. The van der Waals surface area contributed by atoms with E-state index in [0.29, 0.717) is 24.3 Å². The Morgan fingerprint density at radius 2 is 2.16 bits per heavy atom. The van der Waals surface area contributed by atoms with Crippen molar-refractivity contribution in [3.63, 3.8) is 0 Å². The number of carbonyl (C=O) groups is 2. The molecule has 1 fully saturated rings. The zero-order valence-corrected chi connectivity index (χ0v) is 13.8. The van der Waals surface area contributed by atoms with Gasteiger partial charge in [0.15, 0.2) is 0 Å². The molecule has 0 bridgehead atoms. The van der Waals surface area contributed by atoms with Crippen LogP contribution in [0.15, 0.2) is 42.5 Å². The third-order valence-corrected chi connectivity index (χ3v) is 4.06. The summed E-state index contributed by atoms with van der Waals surface area (Å²) < 4.78 is 18.8. The predicted molar refractivity (Wildman–Crippen MR) is 91.7 cm³/mol. The number of carbonyl (C=O) groups excluding carboxylic acids is 2. The molecule has 1 aliphatic rings. The van der Waals surface area contributed by atoms with Gasteiger partial charge in [0, 0.05) is 12.1 Å². The fourth-order valence-corrected chi connectivity index (χ4v) is 2.69. The van der Waals surface area contributed by atoms with Crippen LogP contribution in [0, 0.1) is 12.7 Å². The lowest BCUT2D eigenvalue weighted by Crippen LogP contribution is -2.37. The van der Waals surface area contributed by atoms with Crippen molar-refractivity contribution in [3.8, 4) is 5.75 Å². The largest absolute Gasteiger partial charge is 0.489 e. The molecule has 1 heterocycles. The lowest BCUT2D eigenvalue weighted by molar-refractivity contribution is -0.122. The zero-order chi connectivity index (χ0) is 17.8. The van der Waals surface area contributed by atoms with Gasteiger partial charge in [-0.1, -0.05) is 12.1 Å². The number of rotatable bonds is 5. The highest BCUT2D eigenvalue weighted by Gasteiger charge is 2.27. The molecule has 0 radical (unpaired) electrons. The molecule has 0 spiro atoms. The quantitative estimate of drug-likeness (QED) is 0.878. The molecular weight excluding hydrogens is 323 g/mol. The second kappa shape index (κ2) is 7.34. The van der Waals surface area contributed by atoms with Gasteiger partial charge in [-0.05, 0) is 54.8 Å². The van der Waals surface area contributed by atoms with Crippen LogP contribution in [0.2, 0.25) is 0 Å². The summed E-state index contributed by atoms with van der Waals surface area (Å²) in [5, 5.41) is 5.46. The smallest absolute Gasteiger partial charge is 0.246 e. The van der Waals surface area contributed by atoms with E-state index >= 15 is 0 Å². The van der Waals surface area contributed by atoms with E-state index in [1.165, 1.54) is 12.1 Å². The fraction of sp³-hybridized carbons (Fsp3) is 0.263. The molecule has 2 aromatic rings. The summed E-state index contributed by atoms with van der Waals surface area (Å²) in [5.74, 6) is 0.0172. The number of ether oxygens (including phenoxy) is 1. The van der Waals surface area contributed by atoms with Crippen molar-refractivity contribution in [1.29, 1.82) is 0 Å². The minimum Gasteiger partial charge on any atom is -0.489 e. The Hall–Kier alpha value is -2.89. The number of halogens is 1. The molecule has 130 valence electrons. The number of aryl methyl sites for hydroxylation is 1. The molecule has 0 aromatic heterocycles. The number of benzene rings is 2. The molecule has 6 heteroatoms. The van der Waals surface area contributed by atoms with Crippen molar-refractivity contribution < 1.29 is 18.7 Å². The summed E-state index contributed by atoms with van der Waals surface area (Å²) in [4.78, 5) is 23.3. The summed E-state index contributed by atoms with van der Waals surface area (Å²) in [6.45, 7) is 2.12. The zero-order valence-electron chi connectivity index (χ0n) is 13.8. The average molecular weight is 342 g/mol. The van der Waals surface area contributed by atoms with Crippen LogP contribution in [0.3, 0.4) is 0 Å². The van der Waals surface area contributed by atoms with Crippen LogP contribution in [-0.4, -0.2) is 17.9 Å². The Labute approximate surface area is 145 Å². The molecule has 5 nitrogen and oxygen atoms in total. The molecular formula is C19H19FN2O3. The second-order valence-corrected chi connectivity index (χ2v) is 6.04. The van der Waals surface area contributed by atoms with Crippen molar-refractivity contribution in [2.24, 2.45) is 0 Å². The van der Waals surface area contributed by atoms with Gasteiger partial charge in [-0.3, -0.25) is 9.59 Å². The minimum atomic E-state index is -0.476. The molecule has 2 aromatic carbocycles. The highest BCUT2D eigenvalue weighted by molar-refractivity contribution is 5.99. The first kappa shape index (κ1) is 17.0. The van der Waals surface area contributed by atoms with Gasteiger partial charge in [0.1, 0.15) is 24.2 Å². The third kappa shape index (κ3) is 4.35. The summed E-state index contributed by atoms with van der Waals surface area (Å²) in [5.41, 5.74) is 2.26. The molecule has 2 N–H and O–H groups in total. The minimum absolute atomic E-state index is 0.0991. The fourth-order valence-electron chi connectivity index (χ4n) is 2.69. The highest BCUT2D eigenvalue weighted by Crippen LogP contribution is 2.23. The maximum absolute atomic E-state index is 13.2. The Bertz CT molecular complexity index is 807. The molecule has 2 amide bonds. The summed E-state index contributed by atoms with van der Waals surface area (Å²) in [6.07, 6.45) is 0.891. The van der Waals surface area contributed by atoms with Crippen LogP contribution < -0.4 is 15.4 Å². The van der Waals surface area contributed by atoms with Crippen LogP contribution in [0.5, 0.6) is 5.75 Å². The van der Waals surface area contributed by atoms with E-state index in [1.807, 2.05) is 13.0 Å². The van der Waals surface area contributed by atoms with Crippen LogP contribution in [-0.2, 0) is 16.2 Å². The van der Waals surface area contributed by atoms with E-state index in [4.69, 9.17) is 4.74 Å². The van der Waals surface area contributed by atoms with E-state index < -0.39 is 6.04 Å². The first-order valence-corrected chi connectivity index (χ1v) is 8.09. The topological polar surface area (TPSA) is 67.4 Å². The van der Waals surface area contributed by atoms with Crippen molar-refractivity contribution in [2.45, 2.75) is 32.4 Å². The highest BCUT2D eigenvalue weighted by atomic mass is 19.1.